The van der Waals surface area contributed by atoms with Gasteiger partial charge in [0.2, 0.25) is 10.0 Å². The van der Waals surface area contributed by atoms with Crippen molar-refractivity contribution in [3.8, 4) is 0 Å². The van der Waals surface area contributed by atoms with Crippen LogP contribution in [0.5, 0.6) is 0 Å². The highest BCUT2D eigenvalue weighted by atomic mass is 35.5. The fraction of sp³-hybridized carbons (Fsp3) is 0.391. The second kappa shape index (κ2) is 11.7. The number of sulfone groups is 1. The summed E-state index contributed by atoms with van der Waals surface area (Å²) < 4.78 is 56.0. The van der Waals surface area contributed by atoms with Crippen molar-refractivity contribution in [2.75, 3.05) is 64.6 Å². The van der Waals surface area contributed by atoms with E-state index in [1.54, 1.807) is 17.0 Å². The number of nitrogens with zero attached hydrogens (tertiary/aromatic N) is 4. The van der Waals surface area contributed by atoms with Crippen molar-refractivity contribution < 1.29 is 26.4 Å². The molecule has 1 fully saturated rings. The maximum Gasteiger partial charge on any atom is 0.260 e. The summed E-state index contributed by atoms with van der Waals surface area (Å²) in [5.74, 6) is -0.320. The van der Waals surface area contributed by atoms with Crippen molar-refractivity contribution in [1.82, 2.24) is 14.2 Å². The van der Waals surface area contributed by atoms with Gasteiger partial charge in [-0.05, 0) is 42.5 Å². The smallest absolute Gasteiger partial charge is 0.260 e. The Kier molecular flexibility index (Phi) is 9.32. The first-order valence-corrected chi connectivity index (χ1v) is 15.4. The minimum Gasteiger partial charge on any atom is -0.379 e. The van der Waals surface area contributed by atoms with E-state index >= 15 is 0 Å². The Balaban J connectivity index is 0.00000380. The Labute approximate surface area is 227 Å². The first-order valence-electron chi connectivity index (χ1n) is 11.2. The number of fused-ring (bicyclic) bond motifs is 1. The van der Waals surface area contributed by atoms with Crippen LogP contribution in [-0.2, 0) is 24.6 Å². The molecule has 3 aromatic rings. The summed E-state index contributed by atoms with van der Waals surface area (Å²) in [4.78, 5) is 22.3. The molecule has 0 spiro atoms. The van der Waals surface area contributed by atoms with Gasteiger partial charge in [-0.25, -0.2) is 26.1 Å². The number of carbonyl (C=O) groups excluding carboxylic acids is 1. The van der Waals surface area contributed by atoms with Gasteiger partial charge in [0.05, 0.1) is 33.2 Å². The van der Waals surface area contributed by atoms with Crippen molar-refractivity contribution in [3.63, 3.8) is 0 Å². The van der Waals surface area contributed by atoms with Crippen LogP contribution in [0.3, 0.4) is 0 Å². The van der Waals surface area contributed by atoms with Crippen molar-refractivity contribution in [2.24, 2.45) is 0 Å². The van der Waals surface area contributed by atoms with Gasteiger partial charge in [-0.2, -0.15) is 0 Å². The maximum atomic E-state index is 13.6. The zero-order valence-electron chi connectivity index (χ0n) is 20.7. The summed E-state index contributed by atoms with van der Waals surface area (Å²) in [5.41, 5.74) is 0.921. The molecular weight excluding hydrogens is 560 g/mol. The average molecular weight is 589 g/mol. The Morgan fingerprint density at radius 2 is 1.65 bits per heavy atom. The lowest BCUT2D eigenvalue weighted by molar-refractivity contribution is 0.0391. The zero-order chi connectivity index (χ0) is 26.1. The molecule has 0 unspecified atom stereocenters. The number of sulfonamides is 1. The highest BCUT2D eigenvalue weighted by molar-refractivity contribution is 7.90. The van der Waals surface area contributed by atoms with Crippen molar-refractivity contribution in [3.05, 3.63) is 48.0 Å². The largest absolute Gasteiger partial charge is 0.379 e. The molecule has 0 radical (unpaired) electrons. The monoisotopic (exact) mass is 588 g/mol. The number of thiazole rings is 1. The van der Waals surface area contributed by atoms with E-state index in [-0.39, 0.29) is 28.1 Å². The molecule has 14 heteroatoms. The third kappa shape index (κ3) is 6.66. The molecule has 10 nitrogen and oxygen atoms in total. The van der Waals surface area contributed by atoms with Crippen LogP contribution in [0.15, 0.2) is 52.3 Å². The molecule has 4 rings (SSSR count). The molecule has 0 aliphatic carbocycles. The molecule has 0 atom stereocenters. The van der Waals surface area contributed by atoms with Crippen LogP contribution in [0, 0.1) is 0 Å². The van der Waals surface area contributed by atoms with E-state index in [1.165, 1.54) is 55.8 Å². The van der Waals surface area contributed by atoms with E-state index in [4.69, 9.17) is 4.74 Å². The van der Waals surface area contributed by atoms with Gasteiger partial charge in [-0.1, -0.05) is 11.3 Å². The minimum absolute atomic E-state index is 0. The number of ether oxygens (including phenoxy) is 1. The predicted octanol–water partition coefficient (Wildman–Crippen LogP) is 2.35. The fourth-order valence-corrected chi connectivity index (χ4v) is 6.38. The van der Waals surface area contributed by atoms with E-state index in [1.807, 2.05) is 0 Å². The highest BCUT2D eigenvalue weighted by Crippen LogP contribution is 2.31. The number of halogens is 1. The molecule has 2 heterocycles. The van der Waals surface area contributed by atoms with Crippen LogP contribution in [-0.4, -0.2) is 96.7 Å². The number of anilines is 1. The standard InChI is InChI=1S/C23H28N4O6S3.ClH/c1-25(2)36(31,32)18-6-4-17(5-7-18)22(28)27(11-10-26-12-14-33-15-13-26)23-24-20-9-8-19(35(3,29)30)16-21(20)34-23;/h4-9,16H,10-15H2,1-3H3;1H. The number of morpholine rings is 1. The van der Waals surface area contributed by atoms with Crippen LogP contribution in [0.1, 0.15) is 10.4 Å². The molecule has 0 saturated carbocycles. The lowest BCUT2D eigenvalue weighted by Gasteiger charge is -2.29. The molecule has 37 heavy (non-hydrogen) atoms. The molecule has 2 aromatic carbocycles. The van der Waals surface area contributed by atoms with Crippen molar-refractivity contribution in [1.29, 1.82) is 0 Å². The van der Waals surface area contributed by atoms with Crippen LogP contribution >= 0.6 is 23.7 Å². The van der Waals surface area contributed by atoms with Gasteiger partial charge < -0.3 is 4.74 Å². The zero-order valence-corrected chi connectivity index (χ0v) is 23.9. The first-order chi connectivity index (χ1) is 17.0. The third-order valence-electron chi connectivity index (χ3n) is 5.88. The molecule has 0 N–H and O–H groups in total. The minimum atomic E-state index is -3.62. The van der Waals surface area contributed by atoms with Gasteiger partial charge >= 0.3 is 0 Å². The Morgan fingerprint density at radius 3 is 2.24 bits per heavy atom. The molecule has 1 aliphatic rings. The normalized spacial score (nSPS) is 15.0. The lowest BCUT2D eigenvalue weighted by Crippen LogP contribution is -2.43. The number of rotatable bonds is 8. The van der Waals surface area contributed by atoms with Crippen molar-refractivity contribution >= 4 is 64.9 Å². The first kappa shape index (κ1) is 29.4. The SMILES string of the molecule is CN(C)S(=O)(=O)c1ccc(C(=O)N(CCN2CCOCC2)c2nc3ccc(S(C)(=O)=O)cc3s2)cc1.Cl. The summed E-state index contributed by atoms with van der Waals surface area (Å²) in [6.45, 7) is 3.74. The molecule has 1 aliphatic heterocycles. The van der Waals surface area contributed by atoms with Gasteiger partial charge in [0.25, 0.3) is 5.91 Å². The van der Waals surface area contributed by atoms with Crippen molar-refractivity contribution in [2.45, 2.75) is 9.79 Å². The number of aromatic nitrogens is 1. The van der Waals surface area contributed by atoms with Crippen LogP contribution in [0.2, 0.25) is 0 Å². The Morgan fingerprint density at radius 1 is 1.03 bits per heavy atom. The van der Waals surface area contributed by atoms with E-state index in [0.717, 1.165) is 23.7 Å². The molecular formula is C23H29ClN4O6S3. The second-order valence-electron chi connectivity index (χ2n) is 8.62. The second-order valence-corrected chi connectivity index (χ2v) is 13.8. The summed E-state index contributed by atoms with van der Waals surface area (Å²) in [6.07, 6.45) is 1.15. The maximum absolute atomic E-state index is 13.6. The van der Waals surface area contributed by atoms with E-state index in [9.17, 15) is 21.6 Å². The van der Waals surface area contributed by atoms with Gasteiger partial charge in [-0.3, -0.25) is 14.6 Å². The van der Waals surface area contributed by atoms with E-state index in [0.29, 0.717) is 47.2 Å². The molecule has 1 saturated heterocycles. The molecule has 0 bridgehead atoms. The summed E-state index contributed by atoms with van der Waals surface area (Å²) in [5, 5.41) is 0.443. The summed E-state index contributed by atoms with van der Waals surface area (Å²) >= 11 is 1.24. The summed E-state index contributed by atoms with van der Waals surface area (Å²) in [7, 11) is -4.11. The Bertz CT molecular complexity index is 1470. The average Bonchev–Trinajstić information content (AvgIpc) is 3.27. The third-order valence-corrected chi connectivity index (χ3v) is 9.86. The molecule has 1 aromatic heterocycles. The van der Waals surface area contributed by atoms with Crippen LogP contribution < -0.4 is 4.90 Å². The Hall–Kier alpha value is -2.13. The van der Waals surface area contributed by atoms with E-state index < -0.39 is 19.9 Å². The van der Waals surface area contributed by atoms with E-state index in [2.05, 4.69) is 9.88 Å². The predicted molar refractivity (Wildman–Crippen MR) is 146 cm³/mol. The quantitative estimate of drug-likeness (QED) is 0.394. The molecule has 1 amide bonds. The molecule has 202 valence electrons. The fourth-order valence-electron chi connectivity index (χ4n) is 3.73. The number of carbonyl (C=O) groups is 1. The lowest BCUT2D eigenvalue weighted by atomic mass is 10.2. The summed E-state index contributed by atoms with van der Waals surface area (Å²) in [6, 6.07) is 10.5. The number of hydrogen-bond acceptors (Lipinski definition) is 9. The van der Waals surface area contributed by atoms with Gasteiger partial charge in [0, 0.05) is 52.1 Å². The van der Waals surface area contributed by atoms with Crippen LogP contribution in [0.4, 0.5) is 5.13 Å². The van der Waals surface area contributed by atoms with Gasteiger partial charge in [-0.15, -0.1) is 12.4 Å². The van der Waals surface area contributed by atoms with Gasteiger partial charge in [0.1, 0.15) is 0 Å². The van der Waals surface area contributed by atoms with Gasteiger partial charge in [0.15, 0.2) is 15.0 Å². The number of hydrogen-bond donors (Lipinski definition) is 0. The highest BCUT2D eigenvalue weighted by Gasteiger charge is 2.24. The van der Waals surface area contributed by atoms with Crippen LogP contribution in [0.25, 0.3) is 10.2 Å². The number of benzene rings is 2. The topological polar surface area (TPSA) is 117 Å². The number of amides is 1.